The molecule has 2 aromatic heterocycles. The number of nitrogens with zero attached hydrogens (tertiary/aromatic N) is 3. The first-order valence-electron chi connectivity index (χ1n) is 12.1. The van der Waals surface area contributed by atoms with E-state index in [4.69, 9.17) is 35.2 Å². The van der Waals surface area contributed by atoms with E-state index >= 15 is 0 Å². The summed E-state index contributed by atoms with van der Waals surface area (Å²) in [5.41, 5.74) is 4.11. The van der Waals surface area contributed by atoms with Crippen LogP contribution in [-0.2, 0) is 16.0 Å². The van der Waals surface area contributed by atoms with E-state index in [1.807, 2.05) is 26.0 Å². The zero-order valence-electron chi connectivity index (χ0n) is 21.8. The summed E-state index contributed by atoms with van der Waals surface area (Å²) >= 11 is 6.09. The number of ether oxygens (including phenoxy) is 3. The number of carbonyl (C=O) groups is 1. The molecule has 0 bridgehead atoms. The zero-order chi connectivity index (χ0) is 26.7. The number of benzene rings is 2. The van der Waals surface area contributed by atoms with Crippen molar-refractivity contribution in [2.24, 2.45) is 5.92 Å². The molecule has 0 N–H and O–H groups in total. The van der Waals surface area contributed by atoms with Crippen LogP contribution in [0.3, 0.4) is 0 Å². The fourth-order valence-corrected chi connectivity index (χ4v) is 4.10. The van der Waals surface area contributed by atoms with Gasteiger partial charge in [0.05, 0.1) is 11.8 Å². The Morgan fingerprint density at radius 1 is 1.03 bits per heavy atom. The van der Waals surface area contributed by atoms with Gasteiger partial charge in [-0.1, -0.05) is 31.5 Å². The Kier molecular flexibility index (Phi) is 7.97. The highest BCUT2D eigenvalue weighted by Gasteiger charge is 2.20. The van der Waals surface area contributed by atoms with E-state index in [1.54, 1.807) is 38.1 Å². The smallest absolute Gasteiger partial charge is 0.344 e. The lowest BCUT2D eigenvalue weighted by atomic mass is 10.1. The van der Waals surface area contributed by atoms with Crippen LogP contribution in [-0.4, -0.2) is 33.6 Å². The molecule has 0 spiro atoms. The molecular weight excluding hydrogens is 494 g/mol. The summed E-state index contributed by atoms with van der Waals surface area (Å²) in [6.07, 6.45) is 0.480. The van der Waals surface area contributed by atoms with Gasteiger partial charge in [0.15, 0.2) is 12.1 Å². The van der Waals surface area contributed by atoms with Crippen molar-refractivity contribution >= 4 is 28.8 Å². The largest absolute Gasteiger partial charge is 0.481 e. The van der Waals surface area contributed by atoms with Crippen LogP contribution in [0, 0.1) is 19.8 Å². The second kappa shape index (κ2) is 11.2. The van der Waals surface area contributed by atoms with E-state index < -0.39 is 5.97 Å². The van der Waals surface area contributed by atoms with E-state index in [0.717, 1.165) is 22.4 Å². The topological polar surface area (TPSA) is 96.6 Å². The van der Waals surface area contributed by atoms with Gasteiger partial charge in [-0.3, -0.25) is 0 Å². The molecular formula is C28H30ClN3O5. The molecule has 0 unspecified atom stereocenters. The molecule has 4 rings (SSSR count). The third-order valence-corrected chi connectivity index (χ3v) is 5.56. The molecule has 37 heavy (non-hydrogen) atoms. The van der Waals surface area contributed by atoms with Crippen LogP contribution in [0.4, 0.5) is 0 Å². The first-order chi connectivity index (χ1) is 17.6. The Balaban J connectivity index is 1.66. The number of rotatable bonds is 9. The van der Waals surface area contributed by atoms with E-state index in [1.165, 1.54) is 0 Å². The van der Waals surface area contributed by atoms with Crippen LogP contribution < -0.4 is 9.47 Å². The molecule has 4 aromatic rings. The maximum atomic E-state index is 11.9. The average Bonchev–Trinajstić information content (AvgIpc) is 3.22. The van der Waals surface area contributed by atoms with E-state index in [0.29, 0.717) is 46.0 Å². The van der Waals surface area contributed by atoms with Crippen molar-refractivity contribution in [3.8, 4) is 29.0 Å². The molecule has 0 radical (unpaired) electrons. The predicted molar refractivity (Wildman–Crippen MR) is 141 cm³/mol. The molecule has 0 fully saturated rings. The maximum Gasteiger partial charge on any atom is 0.344 e. The van der Waals surface area contributed by atoms with Gasteiger partial charge in [0.2, 0.25) is 5.89 Å². The van der Waals surface area contributed by atoms with Crippen molar-refractivity contribution in [2.45, 2.75) is 54.1 Å². The zero-order valence-corrected chi connectivity index (χ0v) is 22.5. The van der Waals surface area contributed by atoms with Crippen molar-refractivity contribution in [2.75, 3.05) is 6.61 Å². The van der Waals surface area contributed by atoms with Crippen LogP contribution in [0.1, 0.15) is 44.5 Å². The number of fused-ring (bicyclic) bond motifs is 1. The van der Waals surface area contributed by atoms with Gasteiger partial charge in [0, 0.05) is 10.6 Å². The summed E-state index contributed by atoms with van der Waals surface area (Å²) in [4.78, 5) is 25.7. The lowest BCUT2D eigenvalue weighted by Gasteiger charge is -2.14. The normalized spacial score (nSPS) is 11.4. The summed E-state index contributed by atoms with van der Waals surface area (Å²) in [5, 5.41) is 0.554. The quantitative estimate of drug-likeness (QED) is 0.219. The molecule has 2 heterocycles. The van der Waals surface area contributed by atoms with Crippen molar-refractivity contribution in [3.63, 3.8) is 0 Å². The molecule has 9 heteroatoms. The molecule has 0 aliphatic carbocycles. The lowest BCUT2D eigenvalue weighted by Crippen LogP contribution is -2.19. The molecule has 0 saturated carbocycles. The number of carbonyl (C=O) groups excluding carboxylic acids is 1. The molecule has 8 nitrogen and oxygen atoms in total. The number of aryl methyl sites for hydroxylation is 2. The number of esters is 1. The Bertz CT molecular complexity index is 1410. The number of hydrogen-bond acceptors (Lipinski definition) is 8. The summed E-state index contributed by atoms with van der Waals surface area (Å²) < 4.78 is 22.9. The van der Waals surface area contributed by atoms with Crippen LogP contribution in [0.2, 0.25) is 5.02 Å². The van der Waals surface area contributed by atoms with Gasteiger partial charge >= 0.3 is 12.0 Å². The standard InChI is InChI=1S/C28H30ClN3O5/c1-15(2)10-22-24-27(32-28(30-22)36-21-9-7-8-20(29)13-21)37-26(31-24)19-11-17(5)25(18(6)12-19)34-14-23(33)35-16(3)4/h7-9,11-13,15-16H,10,14H2,1-6H3. The van der Waals surface area contributed by atoms with Gasteiger partial charge in [-0.2, -0.15) is 9.97 Å². The Labute approximate surface area is 221 Å². The minimum Gasteiger partial charge on any atom is -0.481 e. The van der Waals surface area contributed by atoms with Crippen molar-refractivity contribution < 1.29 is 23.4 Å². The van der Waals surface area contributed by atoms with Crippen LogP contribution in [0.25, 0.3) is 22.7 Å². The molecule has 0 aliphatic heterocycles. The highest BCUT2D eigenvalue weighted by molar-refractivity contribution is 6.30. The highest BCUT2D eigenvalue weighted by Crippen LogP contribution is 2.33. The Hall–Kier alpha value is -3.65. The summed E-state index contributed by atoms with van der Waals surface area (Å²) in [6, 6.07) is 11.0. The first-order valence-corrected chi connectivity index (χ1v) is 12.5. The highest BCUT2D eigenvalue weighted by atomic mass is 35.5. The molecule has 0 amide bonds. The van der Waals surface area contributed by atoms with Crippen LogP contribution >= 0.6 is 11.6 Å². The minimum atomic E-state index is -0.413. The fraction of sp³-hybridized carbons (Fsp3) is 0.357. The Morgan fingerprint density at radius 3 is 2.41 bits per heavy atom. The molecule has 0 aliphatic rings. The third kappa shape index (κ3) is 6.57. The fourth-order valence-electron chi connectivity index (χ4n) is 3.92. The van der Waals surface area contributed by atoms with Gasteiger partial charge in [-0.25, -0.2) is 9.78 Å². The molecule has 0 saturated heterocycles. The minimum absolute atomic E-state index is 0.161. The SMILES string of the molecule is Cc1cc(-c2nc3c(CC(C)C)nc(Oc4cccc(Cl)c4)nc3o2)cc(C)c1OCC(=O)OC(C)C. The molecule has 2 aromatic carbocycles. The Morgan fingerprint density at radius 2 is 1.76 bits per heavy atom. The van der Waals surface area contributed by atoms with Crippen molar-refractivity contribution in [1.29, 1.82) is 0 Å². The second-order valence-corrected chi connectivity index (χ2v) is 9.99. The van der Waals surface area contributed by atoms with Crippen molar-refractivity contribution in [3.05, 3.63) is 58.2 Å². The monoisotopic (exact) mass is 523 g/mol. The van der Waals surface area contributed by atoms with Gasteiger partial charge in [-0.05, 0) is 81.5 Å². The van der Waals surface area contributed by atoms with E-state index in [9.17, 15) is 4.79 Å². The van der Waals surface area contributed by atoms with Gasteiger partial charge in [-0.15, -0.1) is 0 Å². The van der Waals surface area contributed by atoms with Crippen LogP contribution in [0.5, 0.6) is 17.5 Å². The number of oxazole rings is 1. The number of aromatic nitrogens is 3. The summed E-state index contributed by atoms with van der Waals surface area (Å²) in [5.74, 6) is 1.48. The van der Waals surface area contributed by atoms with E-state index in [-0.39, 0.29) is 18.7 Å². The molecule has 0 atom stereocenters. The molecule has 194 valence electrons. The summed E-state index contributed by atoms with van der Waals surface area (Å²) in [7, 11) is 0. The number of hydrogen-bond donors (Lipinski definition) is 0. The first kappa shape index (κ1) is 26.4. The van der Waals surface area contributed by atoms with E-state index in [2.05, 4.69) is 23.8 Å². The maximum absolute atomic E-state index is 11.9. The third-order valence-electron chi connectivity index (χ3n) is 5.33. The lowest BCUT2D eigenvalue weighted by molar-refractivity contribution is -0.149. The van der Waals surface area contributed by atoms with Crippen LogP contribution in [0.15, 0.2) is 40.8 Å². The average molecular weight is 524 g/mol. The van der Waals surface area contributed by atoms with Gasteiger partial charge in [0.25, 0.3) is 5.71 Å². The predicted octanol–water partition coefficient (Wildman–Crippen LogP) is 6.88. The van der Waals surface area contributed by atoms with Crippen molar-refractivity contribution in [1.82, 2.24) is 15.0 Å². The van der Waals surface area contributed by atoms with Gasteiger partial charge in [0.1, 0.15) is 11.5 Å². The second-order valence-electron chi connectivity index (χ2n) is 9.55. The number of halogens is 1. The summed E-state index contributed by atoms with van der Waals surface area (Å²) in [6.45, 7) is 11.5. The van der Waals surface area contributed by atoms with Gasteiger partial charge < -0.3 is 18.6 Å².